The van der Waals surface area contributed by atoms with Gasteiger partial charge < -0.3 is 9.72 Å². The van der Waals surface area contributed by atoms with Gasteiger partial charge in [-0.2, -0.15) is 0 Å². The molecule has 7 heteroatoms. The SMILES string of the molecule is CC(=O)OC(Cc1c[nH]c2ccc(CC3CSSN3)cc12)N(C)C. The van der Waals surface area contributed by atoms with Crippen LogP contribution in [0.25, 0.3) is 10.9 Å². The molecular formula is C17H23N3O2S2. The first-order chi connectivity index (χ1) is 11.5. The number of fused-ring (bicyclic) bond motifs is 1. The van der Waals surface area contributed by atoms with E-state index in [1.165, 1.54) is 23.4 Å². The third kappa shape index (κ3) is 4.27. The van der Waals surface area contributed by atoms with E-state index < -0.39 is 0 Å². The lowest BCUT2D eigenvalue weighted by Crippen LogP contribution is -2.34. The van der Waals surface area contributed by atoms with E-state index >= 15 is 0 Å². The fraction of sp³-hybridized carbons (Fsp3) is 0.471. The Kier molecular flexibility index (Phi) is 5.76. The number of rotatable bonds is 6. The van der Waals surface area contributed by atoms with Crippen LogP contribution >= 0.6 is 21.8 Å². The van der Waals surface area contributed by atoms with Crippen molar-refractivity contribution < 1.29 is 9.53 Å². The molecule has 2 unspecified atom stereocenters. The molecule has 0 spiro atoms. The van der Waals surface area contributed by atoms with E-state index in [1.54, 1.807) is 11.0 Å². The van der Waals surface area contributed by atoms with Crippen LogP contribution in [0.3, 0.4) is 0 Å². The summed E-state index contributed by atoms with van der Waals surface area (Å²) >= 11 is 0. The van der Waals surface area contributed by atoms with E-state index in [4.69, 9.17) is 4.74 Å². The number of aromatic amines is 1. The lowest BCUT2D eigenvalue weighted by atomic mass is 10.0. The van der Waals surface area contributed by atoms with Crippen molar-refractivity contribution in [2.45, 2.75) is 32.0 Å². The van der Waals surface area contributed by atoms with E-state index in [0.29, 0.717) is 12.5 Å². The third-order valence-corrected chi connectivity index (χ3v) is 6.27. The molecule has 5 nitrogen and oxygen atoms in total. The van der Waals surface area contributed by atoms with Crippen LogP contribution in [0.1, 0.15) is 18.1 Å². The van der Waals surface area contributed by atoms with Crippen molar-refractivity contribution in [1.82, 2.24) is 14.6 Å². The quantitative estimate of drug-likeness (QED) is 0.355. The Morgan fingerprint density at radius 1 is 1.46 bits per heavy atom. The molecular weight excluding hydrogens is 342 g/mol. The summed E-state index contributed by atoms with van der Waals surface area (Å²) in [6.07, 6.45) is 3.47. The summed E-state index contributed by atoms with van der Waals surface area (Å²) < 4.78 is 8.87. The van der Waals surface area contributed by atoms with Crippen LogP contribution in [0.2, 0.25) is 0 Å². The van der Waals surface area contributed by atoms with Gasteiger partial charge in [-0.25, -0.2) is 0 Å². The number of carbonyl (C=O) groups is 1. The van der Waals surface area contributed by atoms with Gasteiger partial charge in [0.25, 0.3) is 0 Å². The fourth-order valence-electron chi connectivity index (χ4n) is 2.87. The van der Waals surface area contributed by atoms with E-state index in [0.717, 1.165) is 17.7 Å². The van der Waals surface area contributed by atoms with Gasteiger partial charge >= 0.3 is 5.97 Å². The Morgan fingerprint density at radius 3 is 2.96 bits per heavy atom. The predicted molar refractivity (Wildman–Crippen MR) is 102 cm³/mol. The summed E-state index contributed by atoms with van der Waals surface area (Å²) in [5.41, 5.74) is 3.63. The molecule has 2 heterocycles. The summed E-state index contributed by atoms with van der Waals surface area (Å²) in [6, 6.07) is 7.11. The van der Waals surface area contributed by atoms with E-state index in [2.05, 4.69) is 27.9 Å². The first-order valence-electron chi connectivity index (χ1n) is 7.99. The minimum Gasteiger partial charge on any atom is -0.446 e. The molecule has 0 saturated carbocycles. The molecule has 3 rings (SSSR count). The van der Waals surface area contributed by atoms with Crippen molar-refractivity contribution in [3.05, 3.63) is 35.5 Å². The van der Waals surface area contributed by atoms with Crippen molar-refractivity contribution in [3.8, 4) is 0 Å². The molecule has 0 amide bonds. The second-order valence-corrected chi connectivity index (χ2v) is 8.49. The highest BCUT2D eigenvalue weighted by atomic mass is 33.1. The van der Waals surface area contributed by atoms with Gasteiger partial charge in [-0.3, -0.25) is 14.4 Å². The molecule has 2 aromatic rings. The summed E-state index contributed by atoms with van der Waals surface area (Å²) in [5, 5.41) is 1.21. The van der Waals surface area contributed by atoms with Gasteiger partial charge in [0.05, 0.1) is 0 Å². The van der Waals surface area contributed by atoms with Gasteiger partial charge in [-0.15, -0.1) is 0 Å². The van der Waals surface area contributed by atoms with Crippen molar-refractivity contribution in [2.24, 2.45) is 0 Å². The standard InChI is InChI=1S/C17H23N3O2S2/c1-11(21)22-17(20(2)3)8-13-9-18-16-5-4-12(7-15(13)16)6-14-10-23-24-19-14/h4-5,7,9,14,17-19H,6,8,10H2,1-3H3. The van der Waals surface area contributed by atoms with Gasteiger partial charge in [-0.05, 0) is 54.8 Å². The van der Waals surface area contributed by atoms with Crippen LogP contribution in [0, 0.1) is 0 Å². The summed E-state index contributed by atoms with van der Waals surface area (Å²) in [5.74, 6) is 0.884. The van der Waals surface area contributed by atoms with Gasteiger partial charge in [0.1, 0.15) is 0 Å². The Hall–Kier alpha value is -1.15. The molecule has 2 atom stereocenters. The van der Waals surface area contributed by atoms with Gasteiger partial charge in [-0.1, -0.05) is 16.9 Å². The molecule has 1 aromatic heterocycles. The Bertz CT molecular complexity index is 711. The first-order valence-corrected chi connectivity index (χ1v) is 10.3. The van der Waals surface area contributed by atoms with Crippen molar-refractivity contribution >= 4 is 38.6 Å². The van der Waals surface area contributed by atoms with Crippen molar-refractivity contribution in [2.75, 3.05) is 19.8 Å². The average molecular weight is 366 g/mol. The molecule has 1 aromatic carbocycles. The highest BCUT2D eigenvalue weighted by molar-refractivity contribution is 8.76. The maximum atomic E-state index is 11.3. The van der Waals surface area contributed by atoms with E-state index in [9.17, 15) is 4.79 Å². The predicted octanol–water partition coefficient (Wildman–Crippen LogP) is 2.97. The van der Waals surface area contributed by atoms with Crippen LogP contribution in [-0.2, 0) is 22.4 Å². The maximum Gasteiger partial charge on any atom is 0.304 e. The second-order valence-electron chi connectivity index (χ2n) is 6.31. The Balaban J connectivity index is 1.80. The molecule has 0 radical (unpaired) electrons. The number of hydrogen-bond donors (Lipinski definition) is 2. The largest absolute Gasteiger partial charge is 0.446 e. The number of carbonyl (C=O) groups excluding carboxylic acids is 1. The normalized spacial score (nSPS) is 19.1. The second kappa shape index (κ2) is 7.82. The van der Waals surface area contributed by atoms with E-state index in [1.807, 2.05) is 36.0 Å². The number of nitrogens with one attached hydrogen (secondary N) is 2. The highest BCUT2D eigenvalue weighted by Gasteiger charge is 2.19. The molecule has 24 heavy (non-hydrogen) atoms. The van der Waals surface area contributed by atoms with Crippen LogP contribution < -0.4 is 4.72 Å². The topological polar surface area (TPSA) is 57.4 Å². The minimum atomic E-state index is -0.255. The first kappa shape index (κ1) is 17.7. The van der Waals surface area contributed by atoms with Crippen LogP contribution in [-0.4, -0.2) is 48.0 Å². The van der Waals surface area contributed by atoms with Crippen LogP contribution in [0.5, 0.6) is 0 Å². The monoisotopic (exact) mass is 365 g/mol. The number of H-pyrrole nitrogens is 1. The zero-order valence-electron chi connectivity index (χ0n) is 14.2. The van der Waals surface area contributed by atoms with Crippen LogP contribution in [0.4, 0.5) is 0 Å². The summed E-state index contributed by atoms with van der Waals surface area (Å²) in [7, 11) is 7.46. The zero-order chi connectivity index (χ0) is 17.1. The van der Waals surface area contributed by atoms with Crippen molar-refractivity contribution in [1.29, 1.82) is 0 Å². The third-order valence-electron chi connectivity index (χ3n) is 4.13. The Morgan fingerprint density at radius 2 is 2.29 bits per heavy atom. The lowest BCUT2D eigenvalue weighted by molar-refractivity contribution is -0.154. The number of aromatic nitrogens is 1. The number of hydrogen-bond acceptors (Lipinski definition) is 6. The van der Waals surface area contributed by atoms with E-state index in [-0.39, 0.29) is 12.2 Å². The number of benzene rings is 1. The molecule has 1 saturated heterocycles. The average Bonchev–Trinajstić information content (AvgIpc) is 3.16. The summed E-state index contributed by atoms with van der Waals surface area (Å²) in [4.78, 5) is 16.6. The number of ether oxygens (including phenoxy) is 1. The zero-order valence-corrected chi connectivity index (χ0v) is 15.8. The van der Waals surface area contributed by atoms with Gasteiger partial charge in [0.15, 0.2) is 6.23 Å². The lowest BCUT2D eigenvalue weighted by Gasteiger charge is -2.23. The van der Waals surface area contributed by atoms with Gasteiger partial charge in [0.2, 0.25) is 0 Å². The Labute approximate surface area is 150 Å². The molecule has 130 valence electrons. The number of esters is 1. The number of nitrogens with zero attached hydrogens (tertiary/aromatic N) is 1. The highest BCUT2D eigenvalue weighted by Crippen LogP contribution is 2.29. The fourth-order valence-corrected chi connectivity index (χ4v) is 5.09. The summed E-state index contributed by atoms with van der Waals surface area (Å²) in [6.45, 7) is 1.45. The molecule has 1 fully saturated rings. The maximum absolute atomic E-state index is 11.3. The molecule has 0 bridgehead atoms. The minimum absolute atomic E-state index is 0.253. The number of likely N-dealkylation sites (N-methyl/N-ethyl adjacent to an activating group) is 1. The van der Waals surface area contributed by atoms with Crippen molar-refractivity contribution in [3.63, 3.8) is 0 Å². The molecule has 2 N–H and O–H groups in total. The molecule has 1 aliphatic rings. The van der Waals surface area contributed by atoms with Crippen LogP contribution in [0.15, 0.2) is 24.4 Å². The van der Waals surface area contributed by atoms with Gasteiger partial charge in [0, 0.05) is 42.2 Å². The molecule has 1 aliphatic heterocycles. The smallest absolute Gasteiger partial charge is 0.304 e. The molecule has 0 aliphatic carbocycles.